The number of nitrogens with one attached hydrogen (secondary N) is 1. The minimum Gasteiger partial charge on any atom is -0.356 e. The molecule has 0 spiro atoms. The molecule has 0 aliphatic rings. The molecule has 0 amide bonds. The van der Waals surface area contributed by atoms with Gasteiger partial charge in [0.1, 0.15) is 5.69 Å². The third-order valence-electron chi connectivity index (χ3n) is 4.49. The molecule has 4 rings (SSSR count). The summed E-state index contributed by atoms with van der Waals surface area (Å²) in [7, 11) is 2.00. The highest BCUT2D eigenvalue weighted by atomic mass is 35.5. The number of benzene rings is 2. The Hall–Kier alpha value is -3.29. The summed E-state index contributed by atoms with van der Waals surface area (Å²) in [5.41, 5.74) is 5.76. The first-order chi connectivity index (χ1) is 13.6. The lowest BCUT2D eigenvalue weighted by Crippen LogP contribution is -2.03. The summed E-state index contributed by atoms with van der Waals surface area (Å²) in [4.78, 5) is 9.09. The molecule has 138 valence electrons. The average molecular weight is 387 g/mol. The van der Waals surface area contributed by atoms with Gasteiger partial charge in [0.2, 0.25) is 5.95 Å². The molecule has 0 bridgehead atoms. The number of imidazole rings is 1. The van der Waals surface area contributed by atoms with Crippen molar-refractivity contribution >= 4 is 28.6 Å². The van der Waals surface area contributed by atoms with Gasteiger partial charge in [-0.15, -0.1) is 0 Å². The van der Waals surface area contributed by atoms with Crippen LogP contribution in [0.4, 0.5) is 5.95 Å². The monoisotopic (exact) mass is 386 g/mol. The minimum absolute atomic E-state index is 0.724. The van der Waals surface area contributed by atoms with Crippen molar-refractivity contribution in [2.24, 2.45) is 7.05 Å². The van der Waals surface area contributed by atoms with Crippen LogP contribution in [0.5, 0.6) is 0 Å². The quantitative estimate of drug-likeness (QED) is 0.497. The fraction of sp³-hybridized carbons (Fsp3) is 0.130. The van der Waals surface area contributed by atoms with Crippen LogP contribution in [0.3, 0.4) is 0 Å². The molecule has 28 heavy (non-hydrogen) atoms. The second-order valence-electron chi connectivity index (χ2n) is 6.42. The molecule has 1 N–H and O–H groups in total. The van der Waals surface area contributed by atoms with Crippen molar-refractivity contribution in [2.75, 3.05) is 11.9 Å². The summed E-state index contributed by atoms with van der Waals surface area (Å²) in [6.07, 6.45) is 1.83. The lowest BCUT2D eigenvalue weighted by atomic mass is 10.1. The Labute approximate surface area is 169 Å². The Morgan fingerprint density at radius 3 is 2.50 bits per heavy atom. The highest BCUT2D eigenvalue weighted by molar-refractivity contribution is 6.30. The van der Waals surface area contributed by atoms with Crippen molar-refractivity contribution in [1.29, 1.82) is 0 Å². The third-order valence-corrected chi connectivity index (χ3v) is 4.74. The molecule has 4 aromatic rings. The maximum Gasteiger partial charge on any atom is 0.203 e. The van der Waals surface area contributed by atoms with Crippen molar-refractivity contribution in [3.8, 4) is 23.0 Å². The van der Waals surface area contributed by atoms with Crippen LogP contribution in [0.1, 0.15) is 18.2 Å². The summed E-state index contributed by atoms with van der Waals surface area (Å²) in [6.45, 7) is 2.89. The van der Waals surface area contributed by atoms with Gasteiger partial charge in [0.05, 0.1) is 11.0 Å². The zero-order chi connectivity index (χ0) is 19.5. The SMILES string of the molecule is CCNc1nc2cc(C#Cc3ccc(-c4ccc(Cl)cc4)cn3)ccc2n1C. The number of aryl methyl sites for hydroxylation is 1. The maximum absolute atomic E-state index is 5.94. The van der Waals surface area contributed by atoms with Gasteiger partial charge < -0.3 is 9.88 Å². The molecule has 2 heterocycles. The van der Waals surface area contributed by atoms with E-state index in [9.17, 15) is 0 Å². The van der Waals surface area contributed by atoms with Gasteiger partial charge in [-0.05, 0) is 54.8 Å². The molecular weight excluding hydrogens is 368 g/mol. The molecular formula is C23H19ClN4. The van der Waals surface area contributed by atoms with Gasteiger partial charge in [-0.1, -0.05) is 35.7 Å². The number of pyridine rings is 1. The molecule has 0 fully saturated rings. The van der Waals surface area contributed by atoms with Crippen LogP contribution in [-0.2, 0) is 7.05 Å². The van der Waals surface area contributed by atoms with Crippen LogP contribution >= 0.6 is 11.6 Å². The van der Waals surface area contributed by atoms with E-state index in [-0.39, 0.29) is 0 Å². The Morgan fingerprint density at radius 1 is 1.00 bits per heavy atom. The first-order valence-electron chi connectivity index (χ1n) is 9.08. The topological polar surface area (TPSA) is 42.7 Å². The van der Waals surface area contributed by atoms with Crippen molar-refractivity contribution in [3.63, 3.8) is 0 Å². The number of halogens is 1. The predicted molar refractivity (Wildman–Crippen MR) is 116 cm³/mol. The number of nitrogens with zero attached hydrogens (tertiary/aromatic N) is 3. The molecule has 5 heteroatoms. The number of anilines is 1. The van der Waals surface area contributed by atoms with Gasteiger partial charge in [0, 0.05) is 35.9 Å². The molecule has 0 radical (unpaired) electrons. The molecule has 2 aromatic carbocycles. The Bertz CT molecular complexity index is 1180. The fourth-order valence-electron chi connectivity index (χ4n) is 3.01. The van der Waals surface area contributed by atoms with Crippen LogP contribution in [0.2, 0.25) is 5.02 Å². The van der Waals surface area contributed by atoms with E-state index in [0.717, 1.165) is 50.9 Å². The largest absolute Gasteiger partial charge is 0.356 e. The molecule has 0 unspecified atom stereocenters. The number of aromatic nitrogens is 3. The fourth-order valence-corrected chi connectivity index (χ4v) is 3.14. The average Bonchev–Trinajstić information content (AvgIpc) is 3.03. The van der Waals surface area contributed by atoms with Gasteiger partial charge in [0.15, 0.2) is 0 Å². The van der Waals surface area contributed by atoms with E-state index in [1.807, 2.05) is 72.4 Å². The summed E-state index contributed by atoms with van der Waals surface area (Å²) in [5.74, 6) is 7.17. The lowest BCUT2D eigenvalue weighted by Gasteiger charge is -2.01. The van der Waals surface area contributed by atoms with Crippen molar-refractivity contribution < 1.29 is 0 Å². The highest BCUT2D eigenvalue weighted by Gasteiger charge is 2.06. The van der Waals surface area contributed by atoms with Gasteiger partial charge in [-0.25, -0.2) is 9.97 Å². The Morgan fingerprint density at radius 2 is 1.79 bits per heavy atom. The molecule has 0 atom stereocenters. The molecule has 0 aliphatic heterocycles. The molecule has 0 saturated heterocycles. The zero-order valence-electron chi connectivity index (χ0n) is 15.7. The van der Waals surface area contributed by atoms with E-state index in [0.29, 0.717) is 0 Å². The van der Waals surface area contributed by atoms with Gasteiger partial charge in [-0.2, -0.15) is 0 Å². The molecule has 2 aromatic heterocycles. The lowest BCUT2D eigenvalue weighted by molar-refractivity contribution is 0.936. The second kappa shape index (κ2) is 7.75. The standard InChI is InChI=1S/C23H19ClN4/c1-3-25-23-27-21-14-16(5-13-22(21)28(23)2)4-11-20-12-8-18(15-26-20)17-6-9-19(24)10-7-17/h5-10,12-15H,3H2,1-2H3,(H,25,27). The number of rotatable bonds is 3. The smallest absolute Gasteiger partial charge is 0.203 e. The maximum atomic E-state index is 5.94. The summed E-state index contributed by atoms with van der Waals surface area (Å²) in [6, 6.07) is 17.7. The first kappa shape index (κ1) is 18.1. The van der Waals surface area contributed by atoms with E-state index < -0.39 is 0 Å². The second-order valence-corrected chi connectivity index (χ2v) is 6.85. The normalized spacial score (nSPS) is 10.5. The zero-order valence-corrected chi connectivity index (χ0v) is 16.5. The van der Waals surface area contributed by atoms with Crippen molar-refractivity contribution in [2.45, 2.75) is 6.92 Å². The van der Waals surface area contributed by atoms with Gasteiger partial charge >= 0.3 is 0 Å². The van der Waals surface area contributed by atoms with E-state index >= 15 is 0 Å². The third kappa shape index (κ3) is 3.71. The van der Waals surface area contributed by atoms with Crippen molar-refractivity contribution in [3.05, 3.63) is 77.1 Å². The summed E-state index contributed by atoms with van der Waals surface area (Å²) >= 11 is 5.94. The Kier molecular flexibility index (Phi) is 5.01. The molecule has 4 nitrogen and oxygen atoms in total. The van der Waals surface area contributed by atoms with Crippen LogP contribution in [-0.4, -0.2) is 21.1 Å². The summed E-state index contributed by atoms with van der Waals surface area (Å²) in [5, 5.41) is 3.99. The highest BCUT2D eigenvalue weighted by Crippen LogP contribution is 2.21. The number of hydrogen-bond acceptors (Lipinski definition) is 3. The van der Waals surface area contributed by atoms with Gasteiger partial charge in [-0.3, -0.25) is 0 Å². The molecule has 0 saturated carbocycles. The van der Waals surface area contributed by atoms with Gasteiger partial charge in [0.25, 0.3) is 0 Å². The number of fused-ring (bicyclic) bond motifs is 1. The minimum atomic E-state index is 0.724. The van der Waals surface area contributed by atoms with Crippen LogP contribution in [0.15, 0.2) is 60.8 Å². The van der Waals surface area contributed by atoms with E-state index in [4.69, 9.17) is 11.6 Å². The van der Waals surface area contributed by atoms with Crippen molar-refractivity contribution in [1.82, 2.24) is 14.5 Å². The van der Waals surface area contributed by atoms with Crippen LogP contribution in [0, 0.1) is 11.8 Å². The van der Waals surface area contributed by atoms with E-state index in [2.05, 4.69) is 34.0 Å². The van der Waals surface area contributed by atoms with Crippen LogP contribution in [0.25, 0.3) is 22.2 Å². The first-order valence-corrected chi connectivity index (χ1v) is 9.46. The predicted octanol–water partition coefficient (Wildman–Crippen LogP) is 5.12. The van der Waals surface area contributed by atoms with E-state index in [1.54, 1.807) is 0 Å². The van der Waals surface area contributed by atoms with Crippen LogP contribution < -0.4 is 5.32 Å². The number of hydrogen-bond donors (Lipinski definition) is 1. The summed E-state index contributed by atoms with van der Waals surface area (Å²) < 4.78 is 2.05. The molecule has 0 aliphatic carbocycles. The van der Waals surface area contributed by atoms with E-state index in [1.165, 1.54) is 0 Å². The Balaban J connectivity index is 1.57.